The Hall–Kier alpha value is -4.15. The molecule has 0 saturated carbocycles. The standard InChI is InChI=1S/C30H30ClN5O4S/c1-17-9-8-11-21(13-17)33-28(37)25-18(2)32-29-34-30(41-16-19-10-6-7-12-22(19)31)35-36(29)26(25)20-14-23(38-3)27(40-5)24(15-20)39-4/h6-15,26H,16H2,1-5H3,(H,33,37)(H,32,34,35). The summed E-state index contributed by atoms with van der Waals surface area (Å²) in [5, 5.41) is 12.4. The van der Waals surface area contributed by atoms with E-state index < -0.39 is 6.04 Å². The van der Waals surface area contributed by atoms with Gasteiger partial charge in [-0.2, -0.15) is 4.98 Å². The molecule has 9 nitrogen and oxygen atoms in total. The molecule has 5 rings (SSSR count). The molecule has 1 amide bonds. The SMILES string of the molecule is COc1cc(C2C(C(=O)Nc3cccc(C)c3)=C(C)Nc3nc(SCc4ccccc4Cl)nn32)cc(OC)c1OC. The van der Waals surface area contributed by atoms with Gasteiger partial charge in [0.25, 0.3) is 5.91 Å². The summed E-state index contributed by atoms with van der Waals surface area (Å²) in [5.74, 6) is 2.21. The van der Waals surface area contributed by atoms with Crippen LogP contribution in [0.25, 0.3) is 0 Å². The molecule has 1 aromatic heterocycles. The summed E-state index contributed by atoms with van der Waals surface area (Å²) in [5.41, 5.74) is 4.55. The Kier molecular flexibility index (Phi) is 8.41. The number of nitrogens with one attached hydrogen (secondary N) is 2. The van der Waals surface area contributed by atoms with Gasteiger partial charge in [-0.3, -0.25) is 4.79 Å². The number of rotatable bonds is 9. The van der Waals surface area contributed by atoms with Crippen molar-refractivity contribution < 1.29 is 19.0 Å². The molecule has 1 atom stereocenters. The second kappa shape index (κ2) is 12.2. The normalized spacial score (nSPS) is 14.2. The maximum absolute atomic E-state index is 13.9. The van der Waals surface area contributed by atoms with Crippen LogP contribution in [0.15, 0.2) is 77.1 Å². The van der Waals surface area contributed by atoms with E-state index in [-0.39, 0.29) is 5.91 Å². The minimum Gasteiger partial charge on any atom is -0.493 e. The Morgan fingerprint density at radius 2 is 1.76 bits per heavy atom. The number of allylic oxidation sites excluding steroid dienone is 1. The highest BCUT2D eigenvalue weighted by molar-refractivity contribution is 7.98. The first-order valence-electron chi connectivity index (χ1n) is 12.8. The zero-order valence-corrected chi connectivity index (χ0v) is 24.9. The maximum Gasteiger partial charge on any atom is 0.255 e. The van der Waals surface area contributed by atoms with Crippen LogP contribution in [0.5, 0.6) is 17.2 Å². The summed E-state index contributed by atoms with van der Waals surface area (Å²) in [4.78, 5) is 18.6. The van der Waals surface area contributed by atoms with Crippen molar-refractivity contribution in [3.63, 3.8) is 0 Å². The van der Waals surface area contributed by atoms with Crippen LogP contribution in [-0.2, 0) is 10.5 Å². The third-order valence-corrected chi connectivity index (χ3v) is 7.93. The number of carbonyl (C=O) groups is 1. The fourth-order valence-electron chi connectivity index (χ4n) is 4.73. The minimum atomic E-state index is -0.646. The van der Waals surface area contributed by atoms with Crippen molar-refractivity contribution in [2.75, 3.05) is 32.0 Å². The average molecular weight is 592 g/mol. The van der Waals surface area contributed by atoms with Crippen LogP contribution >= 0.6 is 23.4 Å². The van der Waals surface area contributed by atoms with E-state index in [2.05, 4.69) is 10.6 Å². The van der Waals surface area contributed by atoms with Crippen molar-refractivity contribution in [3.05, 3.63) is 93.6 Å². The van der Waals surface area contributed by atoms with Crippen LogP contribution in [0.1, 0.15) is 29.7 Å². The van der Waals surface area contributed by atoms with E-state index in [1.165, 1.54) is 11.8 Å². The van der Waals surface area contributed by atoms with E-state index >= 15 is 0 Å². The van der Waals surface area contributed by atoms with Crippen LogP contribution < -0.4 is 24.8 Å². The summed E-state index contributed by atoms with van der Waals surface area (Å²) < 4.78 is 18.5. The number of aryl methyl sites for hydroxylation is 1. The Labute approximate surface area is 247 Å². The molecule has 41 heavy (non-hydrogen) atoms. The van der Waals surface area contributed by atoms with E-state index in [1.807, 2.05) is 74.5 Å². The van der Waals surface area contributed by atoms with Crippen LogP contribution in [-0.4, -0.2) is 42.0 Å². The van der Waals surface area contributed by atoms with E-state index in [1.54, 1.807) is 26.0 Å². The number of benzene rings is 3. The molecule has 0 saturated heterocycles. The van der Waals surface area contributed by atoms with Gasteiger partial charge in [0.1, 0.15) is 6.04 Å². The van der Waals surface area contributed by atoms with Crippen LogP contribution in [0, 0.1) is 6.92 Å². The first-order valence-corrected chi connectivity index (χ1v) is 14.2. The molecule has 0 radical (unpaired) electrons. The number of aromatic nitrogens is 3. The quantitative estimate of drug-likeness (QED) is 0.213. The fourth-order valence-corrected chi connectivity index (χ4v) is 5.85. The molecule has 2 N–H and O–H groups in total. The smallest absolute Gasteiger partial charge is 0.255 e. The highest BCUT2D eigenvalue weighted by Crippen LogP contribution is 2.44. The molecule has 1 aliphatic heterocycles. The number of nitrogens with zero attached hydrogens (tertiary/aromatic N) is 3. The van der Waals surface area contributed by atoms with Gasteiger partial charge < -0.3 is 24.8 Å². The van der Waals surface area contributed by atoms with Crippen molar-refractivity contribution in [1.29, 1.82) is 0 Å². The lowest BCUT2D eigenvalue weighted by Crippen LogP contribution is -2.31. The number of carbonyl (C=O) groups excluding carboxylic acids is 1. The number of hydrogen-bond acceptors (Lipinski definition) is 8. The van der Waals surface area contributed by atoms with E-state index in [0.29, 0.717) is 61.6 Å². The van der Waals surface area contributed by atoms with E-state index in [0.717, 1.165) is 11.1 Å². The van der Waals surface area contributed by atoms with Crippen LogP contribution in [0.2, 0.25) is 5.02 Å². The molecule has 4 aromatic rings. The fraction of sp³-hybridized carbons (Fsp3) is 0.233. The second-order valence-corrected chi connectivity index (χ2v) is 10.7. The summed E-state index contributed by atoms with van der Waals surface area (Å²) in [6.07, 6.45) is 0. The number of hydrogen-bond donors (Lipinski definition) is 2. The van der Waals surface area contributed by atoms with Gasteiger partial charge in [-0.1, -0.05) is 53.7 Å². The molecule has 0 bridgehead atoms. The summed E-state index contributed by atoms with van der Waals surface area (Å²) in [7, 11) is 4.66. The van der Waals surface area contributed by atoms with Gasteiger partial charge in [-0.05, 0) is 60.9 Å². The van der Waals surface area contributed by atoms with E-state index in [9.17, 15) is 4.79 Å². The van der Waals surface area contributed by atoms with Crippen molar-refractivity contribution in [2.45, 2.75) is 30.8 Å². The molecule has 1 unspecified atom stereocenters. The number of thioether (sulfide) groups is 1. The minimum absolute atomic E-state index is 0.272. The second-order valence-electron chi connectivity index (χ2n) is 9.39. The lowest BCUT2D eigenvalue weighted by molar-refractivity contribution is -0.113. The zero-order valence-electron chi connectivity index (χ0n) is 23.3. The molecule has 1 aliphatic rings. The Bertz CT molecular complexity index is 1610. The monoisotopic (exact) mass is 591 g/mol. The first kappa shape index (κ1) is 28.4. The van der Waals surface area contributed by atoms with Crippen molar-refractivity contribution in [2.24, 2.45) is 0 Å². The van der Waals surface area contributed by atoms with Gasteiger partial charge in [0, 0.05) is 22.2 Å². The maximum atomic E-state index is 13.9. The average Bonchev–Trinajstić information content (AvgIpc) is 3.37. The first-order chi connectivity index (χ1) is 19.8. The number of halogens is 1. The Morgan fingerprint density at radius 1 is 1.02 bits per heavy atom. The van der Waals surface area contributed by atoms with Gasteiger partial charge in [0.05, 0.1) is 26.9 Å². The molecule has 212 valence electrons. The molecule has 2 heterocycles. The summed E-state index contributed by atoms with van der Waals surface area (Å²) in [6.45, 7) is 3.83. The Balaban J connectivity index is 1.58. The van der Waals surface area contributed by atoms with Gasteiger partial charge in [-0.25, -0.2) is 4.68 Å². The lowest BCUT2D eigenvalue weighted by atomic mass is 9.94. The topological polar surface area (TPSA) is 99.5 Å². The van der Waals surface area contributed by atoms with Crippen molar-refractivity contribution >= 4 is 40.9 Å². The van der Waals surface area contributed by atoms with Gasteiger partial charge >= 0.3 is 0 Å². The van der Waals surface area contributed by atoms with Crippen LogP contribution in [0.4, 0.5) is 11.6 Å². The predicted octanol–water partition coefficient (Wildman–Crippen LogP) is 6.49. The molecule has 0 aliphatic carbocycles. The molecular formula is C30H30ClN5O4S. The molecule has 0 spiro atoms. The highest BCUT2D eigenvalue weighted by atomic mass is 35.5. The number of methoxy groups -OCH3 is 3. The van der Waals surface area contributed by atoms with Gasteiger partial charge in [0.15, 0.2) is 11.5 Å². The Morgan fingerprint density at radius 3 is 2.41 bits per heavy atom. The lowest BCUT2D eigenvalue weighted by Gasteiger charge is -2.29. The highest BCUT2D eigenvalue weighted by Gasteiger charge is 2.36. The van der Waals surface area contributed by atoms with Crippen molar-refractivity contribution in [3.8, 4) is 17.2 Å². The predicted molar refractivity (Wildman–Crippen MR) is 161 cm³/mol. The molecule has 0 fully saturated rings. The number of anilines is 2. The zero-order chi connectivity index (χ0) is 29.1. The molecule has 11 heteroatoms. The number of ether oxygens (including phenoxy) is 3. The molecular weight excluding hydrogens is 562 g/mol. The largest absolute Gasteiger partial charge is 0.493 e. The molecule has 3 aromatic carbocycles. The van der Waals surface area contributed by atoms with Crippen molar-refractivity contribution in [1.82, 2.24) is 14.8 Å². The summed E-state index contributed by atoms with van der Waals surface area (Å²) in [6, 6.07) is 18.3. The third kappa shape index (κ3) is 5.84. The number of fused-ring (bicyclic) bond motifs is 1. The summed E-state index contributed by atoms with van der Waals surface area (Å²) >= 11 is 7.83. The number of amides is 1. The van der Waals surface area contributed by atoms with E-state index in [4.69, 9.17) is 35.9 Å². The van der Waals surface area contributed by atoms with Gasteiger partial charge in [0.2, 0.25) is 16.9 Å². The van der Waals surface area contributed by atoms with Crippen LogP contribution in [0.3, 0.4) is 0 Å². The van der Waals surface area contributed by atoms with Gasteiger partial charge in [-0.15, -0.1) is 5.10 Å². The third-order valence-electron chi connectivity index (χ3n) is 6.67.